The summed E-state index contributed by atoms with van der Waals surface area (Å²) in [6.45, 7) is 0.268. The third-order valence-corrected chi connectivity index (χ3v) is 2.74. The third kappa shape index (κ3) is 1.96. The van der Waals surface area contributed by atoms with Gasteiger partial charge in [0.25, 0.3) is 0 Å². The van der Waals surface area contributed by atoms with Crippen molar-refractivity contribution in [3.05, 3.63) is 28.4 Å². The first-order valence-corrected chi connectivity index (χ1v) is 5.66. The lowest BCUT2D eigenvalue weighted by atomic mass is 10.4. The molecular weight excluding hydrogens is 236 g/mol. The van der Waals surface area contributed by atoms with Gasteiger partial charge in [-0.3, -0.25) is 0 Å². The first-order valence-electron chi connectivity index (χ1n) is 5.66. The maximum absolute atomic E-state index is 11.9. The second-order valence-corrected chi connectivity index (χ2v) is 4.13. The highest BCUT2D eigenvalue weighted by atomic mass is 16.5. The fraction of sp³-hybridized carbons (Fsp3) is 0.500. The summed E-state index contributed by atoms with van der Waals surface area (Å²) in [6.07, 6.45) is 3.58. The van der Waals surface area contributed by atoms with Crippen LogP contribution in [0, 0.1) is 0 Å². The molecule has 1 fully saturated rings. The van der Waals surface area contributed by atoms with Crippen molar-refractivity contribution < 1.29 is 4.74 Å². The Morgan fingerprint density at radius 1 is 1.44 bits per heavy atom. The van der Waals surface area contributed by atoms with Gasteiger partial charge in [-0.15, -0.1) is 0 Å². The van der Waals surface area contributed by atoms with E-state index in [1.165, 1.54) is 16.5 Å². The van der Waals surface area contributed by atoms with Gasteiger partial charge in [0, 0.05) is 6.20 Å². The summed E-state index contributed by atoms with van der Waals surface area (Å²) < 4.78 is 7.65. The molecule has 18 heavy (non-hydrogen) atoms. The molecular formula is C10H12N6O2. The largest absolute Gasteiger partial charge is 0.467 e. The van der Waals surface area contributed by atoms with E-state index >= 15 is 0 Å². The van der Waals surface area contributed by atoms with E-state index in [0.29, 0.717) is 5.69 Å². The summed E-state index contributed by atoms with van der Waals surface area (Å²) in [5, 5.41) is 7.70. The predicted octanol–water partition coefficient (Wildman–Crippen LogP) is -0.378. The van der Waals surface area contributed by atoms with Crippen LogP contribution in [0.3, 0.4) is 0 Å². The molecule has 0 radical (unpaired) electrons. The molecule has 1 aliphatic rings. The Labute approximate surface area is 102 Å². The van der Waals surface area contributed by atoms with Gasteiger partial charge in [0.2, 0.25) is 0 Å². The fourth-order valence-corrected chi connectivity index (χ4v) is 1.65. The Bertz CT molecular complexity index is 615. The number of rotatable bonds is 4. The van der Waals surface area contributed by atoms with Crippen molar-refractivity contribution in [2.45, 2.75) is 25.4 Å². The van der Waals surface area contributed by atoms with Gasteiger partial charge in [0.15, 0.2) is 0 Å². The first kappa shape index (κ1) is 10.9. The van der Waals surface area contributed by atoms with Crippen LogP contribution in [0.4, 0.5) is 0 Å². The summed E-state index contributed by atoms with van der Waals surface area (Å²) in [4.78, 5) is 20.0. The molecule has 0 aromatic carbocycles. The first-order chi connectivity index (χ1) is 8.78. The summed E-state index contributed by atoms with van der Waals surface area (Å²) in [7, 11) is 1.49. The number of tetrazole rings is 1. The highest BCUT2D eigenvalue weighted by molar-refractivity contribution is 5.05. The van der Waals surface area contributed by atoms with Crippen LogP contribution in [0.2, 0.25) is 0 Å². The van der Waals surface area contributed by atoms with E-state index in [2.05, 4.69) is 20.4 Å². The monoisotopic (exact) mass is 248 g/mol. The summed E-state index contributed by atoms with van der Waals surface area (Å²) >= 11 is 0. The van der Waals surface area contributed by atoms with E-state index in [1.807, 2.05) is 0 Å². The summed E-state index contributed by atoms with van der Waals surface area (Å²) in [6, 6.07) is 2.21. The molecule has 2 aromatic rings. The van der Waals surface area contributed by atoms with Gasteiger partial charge in [0.05, 0.1) is 25.4 Å². The molecule has 0 spiro atoms. The Hall–Kier alpha value is -2.25. The fourth-order valence-electron chi connectivity index (χ4n) is 1.65. The molecule has 0 saturated heterocycles. The van der Waals surface area contributed by atoms with E-state index in [0.717, 1.165) is 12.8 Å². The van der Waals surface area contributed by atoms with Crippen LogP contribution in [-0.4, -0.2) is 36.9 Å². The molecule has 94 valence electrons. The summed E-state index contributed by atoms with van der Waals surface area (Å²) in [5.74, 6) is 0. The van der Waals surface area contributed by atoms with Crippen molar-refractivity contribution in [2.24, 2.45) is 0 Å². The zero-order chi connectivity index (χ0) is 12.5. The number of aromatic nitrogens is 6. The standard InChI is InChI=1S/C10H12N6O2/c1-18-9-11-5-4-7(12-9)6-15-10(17)16(14-13-15)8-2-3-8/h4-5,8H,2-3,6H2,1H3. The molecule has 2 aromatic heterocycles. The van der Waals surface area contributed by atoms with Crippen LogP contribution in [0.15, 0.2) is 17.1 Å². The molecule has 8 nitrogen and oxygen atoms in total. The van der Waals surface area contributed by atoms with E-state index in [-0.39, 0.29) is 24.3 Å². The Morgan fingerprint density at radius 3 is 3.00 bits per heavy atom. The van der Waals surface area contributed by atoms with Crippen molar-refractivity contribution in [3.63, 3.8) is 0 Å². The average Bonchev–Trinajstić information content (AvgIpc) is 3.17. The van der Waals surface area contributed by atoms with E-state index in [4.69, 9.17) is 4.74 Å². The van der Waals surface area contributed by atoms with Crippen LogP contribution in [-0.2, 0) is 6.54 Å². The third-order valence-electron chi connectivity index (χ3n) is 2.74. The van der Waals surface area contributed by atoms with Crippen molar-refractivity contribution >= 4 is 0 Å². The lowest BCUT2D eigenvalue weighted by molar-refractivity contribution is 0.377. The number of methoxy groups -OCH3 is 1. The normalized spacial score (nSPS) is 14.7. The second-order valence-electron chi connectivity index (χ2n) is 4.13. The van der Waals surface area contributed by atoms with Gasteiger partial charge in [-0.2, -0.15) is 14.3 Å². The Balaban J connectivity index is 1.85. The number of ether oxygens (including phenoxy) is 1. The Kier molecular flexibility index (Phi) is 2.54. The maximum Gasteiger partial charge on any atom is 0.364 e. The molecule has 0 N–H and O–H groups in total. The number of hydrogen-bond donors (Lipinski definition) is 0. The minimum Gasteiger partial charge on any atom is -0.467 e. The van der Waals surface area contributed by atoms with Crippen LogP contribution in [0.5, 0.6) is 6.01 Å². The molecule has 0 unspecified atom stereocenters. The second kappa shape index (κ2) is 4.21. The van der Waals surface area contributed by atoms with Gasteiger partial charge < -0.3 is 4.74 Å². The number of nitrogens with zero attached hydrogens (tertiary/aromatic N) is 6. The summed E-state index contributed by atoms with van der Waals surface area (Å²) in [5.41, 5.74) is 0.460. The van der Waals surface area contributed by atoms with E-state index in [1.54, 1.807) is 12.3 Å². The van der Waals surface area contributed by atoms with Crippen LogP contribution in [0.25, 0.3) is 0 Å². The molecule has 1 saturated carbocycles. The van der Waals surface area contributed by atoms with Crippen molar-refractivity contribution in [3.8, 4) is 6.01 Å². The van der Waals surface area contributed by atoms with Gasteiger partial charge in [0.1, 0.15) is 0 Å². The molecule has 8 heteroatoms. The van der Waals surface area contributed by atoms with Crippen LogP contribution in [0.1, 0.15) is 24.6 Å². The average molecular weight is 248 g/mol. The molecule has 3 rings (SSSR count). The maximum atomic E-state index is 11.9. The van der Waals surface area contributed by atoms with Crippen molar-refractivity contribution in [2.75, 3.05) is 7.11 Å². The van der Waals surface area contributed by atoms with Crippen molar-refractivity contribution in [1.29, 1.82) is 0 Å². The Morgan fingerprint density at radius 2 is 2.28 bits per heavy atom. The molecule has 2 heterocycles. The lowest BCUT2D eigenvalue weighted by Crippen LogP contribution is -2.25. The SMILES string of the molecule is COc1nccc(Cn2nnn(C3CC3)c2=O)n1. The van der Waals surface area contributed by atoms with Crippen molar-refractivity contribution in [1.82, 2.24) is 29.8 Å². The zero-order valence-corrected chi connectivity index (χ0v) is 9.85. The van der Waals surface area contributed by atoms with Gasteiger partial charge >= 0.3 is 11.7 Å². The zero-order valence-electron chi connectivity index (χ0n) is 9.85. The predicted molar refractivity (Wildman–Crippen MR) is 60.2 cm³/mol. The van der Waals surface area contributed by atoms with Crippen LogP contribution < -0.4 is 10.4 Å². The van der Waals surface area contributed by atoms with Gasteiger partial charge in [-0.05, 0) is 29.3 Å². The van der Waals surface area contributed by atoms with Gasteiger partial charge in [-0.1, -0.05) is 0 Å². The molecule has 1 aliphatic carbocycles. The topological polar surface area (TPSA) is 87.7 Å². The molecule has 0 bridgehead atoms. The minimum absolute atomic E-state index is 0.199. The minimum atomic E-state index is -0.199. The molecule has 0 amide bonds. The molecule has 0 atom stereocenters. The quantitative estimate of drug-likeness (QED) is 0.733. The van der Waals surface area contributed by atoms with Crippen LogP contribution >= 0.6 is 0 Å². The van der Waals surface area contributed by atoms with E-state index < -0.39 is 0 Å². The molecule has 0 aliphatic heterocycles. The highest BCUT2D eigenvalue weighted by Gasteiger charge is 2.27. The lowest BCUT2D eigenvalue weighted by Gasteiger charge is -2.00. The highest BCUT2D eigenvalue weighted by Crippen LogP contribution is 2.32. The van der Waals surface area contributed by atoms with E-state index in [9.17, 15) is 4.79 Å². The smallest absolute Gasteiger partial charge is 0.364 e. The van der Waals surface area contributed by atoms with Gasteiger partial charge in [-0.25, -0.2) is 9.78 Å². The number of hydrogen-bond acceptors (Lipinski definition) is 6.